The Morgan fingerprint density at radius 3 is 2.93 bits per heavy atom. The van der Waals surface area contributed by atoms with E-state index in [1.54, 1.807) is 29.2 Å². The molecular formula is C19H16FN9O. The van der Waals surface area contributed by atoms with Crippen LogP contribution in [0, 0.1) is 12.7 Å². The third kappa shape index (κ3) is 2.45. The number of aromatic nitrogens is 8. The van der Waals surface area contributed by atoms with Gasteiger partial charge in [-0.2, -0.15) is 4.98 Å². The van der Waals surface area contributed by atoms with Gasteiger partial charge in [-0.15, -0.1) is 10.2 Å². The zero-order valence-electron chi connectivity index (χ0n) is 16.0. The van der Waals surface area contributed by atoms with Crippen LogP contribution in [0.25, 0.3) is 23.2 Å². The second kappa shape index (κ2) is 6.39. The highest BCUT2D eigenvalue weighted by atomic mass is 19.1. The first-order chi connectivity index (χ1) is 14.7. The Balaban J connectivity index is 1.50. The largest absolute Gasteiger partial charge is 0.377 e. The zero-order valence-corrected chi connectivity index (χ0v) is 16.0. The summed E-state index contributed by atoms with van der Waals surface area (Å²) in [5, 5.41) is 8.60. The Morgan fingerprint density at radius 2 is 2.07 bits per heavy atom. The van der Waals surface area contributed by atoms with E-state index < -0.39 is 5.82 Å². The number of ether oxygens (including phenoxy) is 1. The van der Waals surface area contributed by atoms with Crippen LogP contribution in [0.15, 0.2) is 36.9 Å². The number of hydrogen-bond donors (Lipinski definition) is 0. The first-order valence-electron chi connectivity index (χ1n) is 9.50. The molecule has 0 aliphatic carbocycles. The van der Waals surface area contributed by atoms with Crippen molar-refractivity contribution in [2.45, 2.75) is 13.0 Å². The van der Waals surface area contributed by atoms with Crippen LogP contribution in [0.4, 0.5) is 10.2 Å². The summed E-state index contributed by atoms with van der Waals surface area (Å²) in [6.45, 7) is 3.73. The van der Waals surface area contributed by atoms with E-state index in [1.807, 2.05) is 11.5 Å². The van der Waals surface area contributed by atoms with Crippen LogP contribution in [-0.4, -0.2) is 59.0 Å². The summed E-state index contributed by atoms with van der Waals surface area (Å²) in [5.74, 6) is 2.97. The lowest BCUT2D eigenvalue weighted by Crippen LogP contribution is -2.44. The Bertz CT molecular complexity index is 1250. The fourth-order valence-corrected chi connectivity index (χ4v) is 3.97. The standard InChI is InChI=1S/C19H16FN9O/c1-11-25-26-18-15-10-30-7-6-27(15)17-14(29(11)18)9-23-19(24-17)28-5-4-21-16(28)13-3-2-12(20)8-22-13/h2-5,8-9,15H,6-7,10H2,1H3. The van der Waals surface area contributed by atoms with Gasteiger partial charge in [0.25, 0.3) is 0 Å². The molecule has 1 unspecified atom stereocenters. The summed E-state index contributed by atoms with van der Waals surface area (Å²) < 4.78 is 22.7. The first kappa shape index (κ1) is 17.2. The van der Waals surface area contributed by atoms with E-state index in [0.717, 1.165) is 29.4 Å². The molecule has 1 atom stereocenters. The molecule has 0 bridgehead atoms. The monoisotopic (exact) mass is 405 g/mol. The van der Waals surface area contributed by atoms with Crippen LogP contribution in [0.1, 0.15) is 17.7 Å². The summed E-state index contributed by atoms with van der Waals surface area (Å²) in [6.07, 6.45) is 6.34. The molecule has 1 saturated heterocycles. The second-order valence-electron chi connectivity index (χ2n) is 7.09. The quantitative estimate of drug-likeness (QED) is 0.496. The van der Waals surface area contributed by atoms with Crippen molar-refractivity contribution in [3.8, 4) is 23.2 Å². The number of hydrogen-bond acceptors (Lipinski definition) is 8. The van der Waals surface area contributed by atoms with Gasteiger partial charge in [0.2, 0.25) is 5.95 Å². The van der Waals surface area contributed by atoms with Gasteiger partial charge in [0.15, 0.2) is 17.5 Å². The third-order valence-corrected chi connectivity index (χ3v) is 5.34. The van der Waals surface area contributed by atoms with E-state index in [4.69, 9.17) is 9.72 Å². The Hall–Kier alpha value is -3.73. The fraction of sp³-hybridized carbons (Fsp3) is 0.263. The third-order valence-electron chi connectivity index (χ3n) is 5.34. The molecule has 4 aromatic heterocycles. The van der Waals surface area contributed by atoms with Gasteiger partial charge in [0.1, 0.15) is 29.1 Å². The predicted molar refractivity (Wildman–Crippen MR) is 103 cm³/mol. The van der Waals surface area contributed by atoms with Gasteiger partial charge in [-0.3, -0.25) is 9.13 Å². The van der Waals surface area contributed by atoms with Crippen molar-refractivity contribution in [2.24, 2.45) is 0 Å². The maximum atomic E-state index is 13.3. The van der Waals surface area contributed by atoms with Crippen LogP contribution >= 0.6 is 0 Å². The van der Waals surface area contributed by atoms with Gasteiger partial charge < -0.3 is 9.64 Å². The second-order valence-corrected chi connectivity index (χ2v) is 7.09. The molecule has 6 heterocycles. The molecule has 0 N–H and O–H groups in total. The summed E-state index contributed by atoms with van der Waals surface area (Å²) in [6, 6.07) is 2.87. The van der Waals surface area contributed by atoms with E-state index in [0.29, 0.717) is 37.2 Å². The van der Waals surface area contributed by atoms with Crippen LogP contribution in [0.2, 0.25) is 0 Å². The van der Waals surface area contributed by atoms with E-state index >= 15 is 0 Å². The number of imidazole rings is 1. The number of nitrogens with zero attached hydrogens (tertiary/aromatic N) is 9. The van der Waals surface area contributed by atoms with E-state index in [1.165, 1.54) is 6.07 Å². The highest BCUT2D eigenvalue weighted by Crippen LogP contribution is 2.38. The smallest absolute Gasteiger partial charge is 0.237 e. The first-order valence-corrected chi connectivity index (χ1v) is 9.50. The molecule has 0 aromatic carbocycles. The molecular weight excluding hydrogens is 389 g/mol. The van der Waals surface area contributed by atoms with Gasteiger partial charge in [0.05, 0.1) is 25.6 Å². The molecule has 150 valence electrons. The summed E-state index contributed by atoms with van der Waals surface area (Å²) in [5.41, 5.74) is 1.36. The molecule has 30 heavy (non-hydrogen) atoms. The molecule has 11 heteroatoms. The van der Waals surface area contributed by atoms with Gasteiger partial charge in [-0.25, -0.2) is 19.3 Å². The van der Waals surface area contributed by atoms with Gasteiger partial charge in [0, 0.05) is 18.9 Å². The van der Waals surface area contributed by atoms with Crippen molar-refractivity contribution < 1.29 is 9.13 Å². The lowest BCUT2D eigenvalue weighted by molar-refractivity contribution is 0.0894. The van der Waals surface area contributed by atoms with Crippen molar-refractivity contribution in [2.75, 3.05) is 24.7 Å². The average Bonchev–Trinajstić information content (AvgIpc) is 3.42. The molecule has 4 aromatic rings. The number of fused-ring (bicyclic) bond motifs is 6. The minimum absolute atomic E-state index is 0.0591. The normalized spacial score (nSPS) is 17.4. The lowest BCUT2D eigenvalue weighted by atomic mass is 10.1. The van der Waals surface area contributed by atoms with E-state index in [2.05, 4.69) is 30.0 Å². The number of morpholine rings is 1. The summed E-state index contributed by atoms with van der Waals surface area (Å²) in [4.78, 5) is 20.1. The molecule has 0 spiro atoms. The highest BCUT2D eigenvalue weighted by molar-refractivity contribution is 5.63. The number of rotatable bonds is 2. The molecule has 0 radical (unpaired) electrons. The number of aryl methyl sites for hydroxylation is 1. The SMILES string of the molecule is Cc1nnc2n1-c1cnc(-n3ccnc3-c3ccc(F)cn3)nc1N1CCOCC21. The average molecular weight is 405 g/mol. The summed E-state index contributed by atoms with van der Waals surface area (Å²) >= 11 is 0. The maximum Gasteiger partial charge on any atom is 0.237 e. The van der Waals surface area contributed by atoms with Gasteiger partial charge in [-0.1, -0.05) is 0 Å². The predicted octanol–water partition coefficient (Wildman–Crippen LogP) is 1.64. The van der Waals surface area contributed by atoms with E-state index in [-0.39, 0.29) is 6.04 Å². The van der Waals surface area contributed by atoms with Crippen molar-refractivity contribution in [1.29, 1.82) is 0 Å². The molecule has 2 aliphatic rings. The van der Waals surface area contributed by atoms with Crippen molar-refractivity contribution in [3.05, 3.63) is 54.4 Å². The Kier molecular flexibility index (Phi) is 3.65. The molecule has 0 saturated carbocycles. The molecule has 0 amide bonds. The zero-order chi connectivity index (χ0) is 20.2. The Labute approximate surface area is 170 Å². The van der Waals surface area contributed by atoms with Crippen molar-refractivity contribution in [1.82, 2.24) is 39.3 Å². The minimum atomic E-state index is -0.402. The van der Waals surface area contributed by atoms with E-state index in [9.17, 15) is 4.39 Å². The molecule has 1 fully saturated rings. The lowest BCUT2D eigenvalue weighted by Gasteiger charge is -2.40. The van der Waals surface area contributed by atoms with Crippen LogP contribution < -0.4 is 4.90 Å². The molecule has 6 rings (SSSR count). The van der Waals surface area contributed by atoms with Crippen LogP contribution in [0.5, 0.6) is 0 Å². The van der Waals surface area contributed by atoms with Crippen molar-refractivity contribution in [3.63, 3.8) is 0 Å². The Morgan fingerprint density at radius 1 is 1.13 bits per heavy atom. The van der Waals surface area contributed by atoms with Gasteiger partial charge >= 0.3 is 0 Å². The summed E-state index contributed by atoms with van der Waals surface area (Å²) in [7, 11) is 0. The fourth-order valence-electron chi connectivity index (χ4n) is 3.97. The molecule has 2 aliphatic heterocycles. The topological polar surface area (TPSA) is 99.7 Å². The number of halogens is 1. The minimum Gasteiger partial charge on any atom is -0.377 e. The number of anilines is 1. The molecule has 10 nitrogen and oxygen atoms in total. The maximum absolute atomic E-state index is 13.3. The van der Waals surface area contributed by atoms with Crippen LogP contribution in [0.3, 0.4) is 0 Å². The van der Waals surface area contributed by atoms with Gasteiger partial charge in [-0.05, 0) is 19.1 Å². The van der Waals surface area contributed by atoms with Crippen molar-refractivity contribution >= 4 is 5.82 Å². The van der Waals surface area contributed by atoms with Crippen LogP contribution in [-0.2, 0) is 4.74 Å². The number of pyridine rings is 1. The highest BCUT2D eigenvalue weighted by Gasteiger charge is 2.37.